The maximum absolute atomic E-state index is 11.8. The third-order valence-electron chi connectivity index (χ3n) is 4.80. The number of nitrogens with zero attached hydrogens (tertiary/aromatic N) is 2. The molecule has 2 saturated heterocycles. The molecular formula is C16H19N3O. The SMILES string of the molecule is O=c1[nH]ccn1C1C2CC1CN(Cc1ccccc1)C2. The Kier molecular flexibility index (Phi) is 2.77. The summed E-state index contributed by atoms with van der Waals surface area (Å²) in [6.45, 7) is 3.24. The third kappa shape index (κ3) is 1.91. The summed E-state index contributed by atoms with van der Waals surface area (Å²) in [5, 5.41) is 0. The molecule has 3 aliphatic rings. The Morgan fingerprint density at radius 1 is 1.15 bits per heavy atom. The summed E-state index contributed by atoms with van der Waals surface area (Å²) in [5.41, 5.74) is 1.42. The molecule has 1 aromatic carbocycles. The van der Waals surface area contributed by atoms with Gasteiger partial charge in [-0.3, -0.25) is 9.47 Å². The maximum Gasteiger partial charge on any atom is 0.325 e. The molecule has 0 radical (unpaired) electrons. The van der Waals surface area contributed by atoms with E-state index in [1.165, 1.54) is 12.0 Å². The lowest BCUT2D eigenvalue weighted by atomic mass is 9.66. The van der Waals surface area contributed by atoms with Gasteiger partial charge in [-0.05, 0) is 23.8 Å². The van der Waals surface area contributed by atoms with Crippen molar-refractivity contribution in [3.8, 4) is 0 Å². The molecule has 2 aliphatic heterocycles. The van der Waals surface area contributed by atoms with Crippen molar-refractivity contribution in [2.45, 2.75) is 19.0 Å². The van der Waals surface area contributed by atoms with E-state index in [1.54, 1.807) is 6.20 Å². The van der Waals surface area contributed by atoms with Gasteiger partial charge in [0.15, 0.2) is 0 Å². The van der Waals surface area contributed by atoms with Gasteiger partial charge in [0.1, 0.15) is 0 Å². The number of hydrogen-bond donors (Lipinski definition) is 1. The zero-order chi connectivity index (χ0) is 13.5. The predicted molar refractivity (Wildman–Crippen MR) is 77.4 cm³/mol. The van der Waals surface area contributed by atoms with Crippen molar-refractivity contribution >= 4 is 0 Å². The van der Waals surface area contributed by atoms with Crippen LogP contribution in [0.2, 0.25) is 0 Å². The van der Waals surface area contributed by atoms with Crippen molar-refractivity contribution in [3.05, 3.63) is 58.8 Å². The average Bonchev–Trinajstić information content (AvgIpc) is 2.86. The van der Waals surface area contributed by atoms with Gasteiger partial charge in [-0.2, -0.15) is 0 Å². The molecule has 20 heavy (non-hydrogen) atoms. The quantitative estimate of drug-likeness (QED) is 0.924. The third-order valence-corrected chi connectivity index (χ3v) is 4.80. The second-order valence-electron chi connectivity index (χ2n) is 6.10. The number of imidazole rings is 1. The number of aromatic nitrogens is 2. The van der Waals surface area contributed by atoms with Gasteiger partial charge in [0.2, 0.25) is 0 Å². The smallest absolute Gasteiger partial charge is 0.313 e. The fourth-order valence-corrected chi connectivity index (χ4v) is 3.95. The van der Waals surface area contributed by atoms with Crippen LogP contribution in [-0.2, 0) is 6.54 Å². The standard InChI is InChI=1S/C16H19N3O/c20-16-17-6-7-19(16)15-13-8-14(15)11-18(10-13)9-12-4-2-1-3-5-12/h1-7,13-15H,8-11H2,(H,17,20). The van der Waals surface area contributed by atoms with E-state index in [0.29, 0.717) is 17.9 Å². The topological polar surface area (TPSA) is 41.0 Å². The van der Waals surface area contributed by atoms with Crippen molar-refractivity contribution < 1.29 is 0 Å². The molecule has 2 aromatic rings. The average molecular weight is 269 g/mol. The Bertz CT molecular complexity index is 633. The van der Waals surface area contributed by atoms with Crippen LogP contribution in [0, 0.1) is 11.8 Å². The van der Waals surface area contributed by atoms with E-state index in [-0.39, 0.29) is 5.69 Å². The Hall–Kier alpha value is -1.81. The van der Waals surface area contributed by atoms with Crippen molar-refractivity contribution in [2.75, 3.05) is 13.1 Å². The second kappa shape index (κ2) is 4.63. The van der Waals surface area contributed by atoms with Crippen LogP contribution in [0.1, 0.15) is 18.0 Å². The van der Waals surface area contributed by atoms with Gasteiger partial charge in [0.05, 0.1) is 0 Å². The van der Waals surface area contributed by atoms with E-state index in [1.807, 2.05) is 10.8 Å². The highest BCUT2D eigenvalue weighted by Gasteiger charge is 2.47. The summed E-state index contributed by atoms with van der Waals surface area (Å²) >= 11 is 0. The van der Waals surface area contributed by atoms with Crippen molar-refractivity contribution in [3.63, 3.8) is 0 Å². The Morgan fingerprint density at radius 2 is 1.90 bits per heavy atom. The molecule has 104 valence electrons. The minimum absolute atomic E-state index is 0.0428. The molecule has 4 nitrogen and oxygen atoms in total. The Morgan fingerprint density at radius 3 is 2.55 bits per heavy atom. The number of aromatic amines is 1. The van der Waals surface area contributed by atoms with E-state index in [2.05, 4.69) is 40.2 Å². The van der Waals surface area contributed by atoms with E-state index < -0.39 is 0 Å². The predicted octanol–water partition coefficient (Wildman–Crippen LogP) is 1.87. The van der Waals surface area contributed by atoms with Crippen molar-refractivity contribution in [2.24, 2.45) is 11.8 Å². The minimum Gasteiger partial charge on any atom is -0.313 e. The molecule has 1 saturated carbocycles. The monoisotopic (exact) mass is 269 g/mol. The van der Waals surface area contributed by atoms with Gasteiger partial charge >= 0.3 is 5.69 Å². The lowest BCUT2D eigenvalue weighted by molar-refractivity contribution is -0.0388. The van der Waals surface area contributed by atoms with E-state index in [0.717, 1.165) is 19.6 Å². The van der Waals surface area contributed by atoms with Gasteiger partial charge in [0.25, 0.3) is 0 Å². The van der Waals surface area contributed by atoms with Crippen LogP contribution in [0.3, 0.4) is 0 Å². The number of fused-ring (bicyclic) bond motifs is 2. The highest BCUT2D eigenvalue weighted by atomic mass is 16.1. The number of piperidine rings is 2. The van der Waals surface area contributed by atoms with Crippen LogP contribution >= 0.6 is 0 Å². The fraction of sp³-hybridized carbons (Fsp3) is 0.438. The van der Waals surface area contributed by atoms with Crippen molar-refractivity contribution in [1.82, 2.24) is 14.5 Å². The first-order valence-corrected chi connectivity index (χ1v) is 7.33. The summed E-state index contributed by atoms with van der Waals surface area (Å²) in [6, 6.07) is 11.1. The van der Waals surface area contributed by atoms with Gasteiger partial charge < -0.3 is 4.98 Å². The van der Waals surface area contributed by atoms with Gasteiger partial charge in [-0.15, -0.1) is 0 Å². The maximum atomic E-state index is 11.8. The molecule has 0 spiro atoms. The molecular weight excluding hydrogens is 250 g/mol. The van der Waals surface area contributed by atoms with Crippen LogP contribution < -0.4 is 5.69 Å². The number of nitrogens with one attached hydrogen (secondary N) is 1. The van der Waals surface area contributed by atoms with Gasteiger partial charge in [-0.1, -0.05) is 30.3 Å². The number of rotatable bonds is 3. The summed E-state index contributed by atoms with van der Waals surface area (Å²) in [6.07, 6.45) is 4.92. The molecule has 1 aliphatic carbocycles. The van der Waals surface area contributed by atoms with Crippen LogP contribution in [0.15, 0.2) is 47.5 Å². The molecule has 1 N–H and O–H groups in total. The highest BCUT2D eigenvalue weighted by Crippen LogP contribution is 2.48. The van der Waals surface area contributed by atoms with Crippen LogP contribution in [0.4, 0.5) is 0 Å². The fourth-order valence-electron chi connectivity index (χ4n) is 3.95. The molecule has 2 bridgehead atoms. The molecule has 4 heteroatoms. The van der Waals surface area contributed by atoms with Gasteiger partial charge in [0, 0.05) is 38.1 Å². The summed E-state index contributed by atoms with van der Waals surface area (Å²) in [4.78, 5) is 17.0. The molecule has 2 unspecified atom stereocenters. The Labute approximate surface area is 118 Å². The van der Waals surface area contributed by atoms with Crippen LogP contribution in [0.5, 0.6) is 0 Å². The molecule has 3 heterocycles. The zero-order valence-electron chi connectivity index (χ0n) is 11.4. The normalized spacial score (nSPS) is 29.1. The lowest BCUT2D eigenvalue weighted by Crippen LogP contribution is -2.56. The van der Waals surface area contributed by atoms with Crippen molar-refractivity contribution in [1.29, 1.82) is 0 Å². The van der Waals surface area contributed by atoms with E-state index >= 15 is 0 Å². The summed E-state index contributed by atoms with van der Waals surface area (Å²) in [5.74, 6) is 1.26. The van der Waals surface area contributed by atoms with Crippen LogP contribution in [-0.4, -0.2) is 27.5 Å². The number of H-pyrrole nitrogens is 1. The van der Waals surface area contributed by atoms with E-state index in [4.69, 9.17) is 0 Å². The van der Waals surface area contributed by atoms with Crippen LogP contribution in [0.25, 0.3) is 0 Å². The minimum atomic E-state index is 0.0428. The first-order chi connectivity index (χ1) is 9.81. The molecule has 5 rings (SSSR count). The van der Waals surface area contributed by atoms with E-state index in [9.17, 15) is 4.79 Å². The Balaban J connectivity index is 1.46. The summed E-state index contributed by atoms with van der Waals surface area (Å²) < 4.78 is 1.90. The molecule has 1 aromatic heterocycles. The van der Waals surface area contributed by atoms with Gasteiger partial charge in [-0.25, -0.2) is 4.79 Å². The second-order valence-corrected chi connectivity index (χ2v) is 6.10. The molecule has 3 fully saturated rings. The lowest BCUT2D eigenvalue weighted by Gasteiger charge is -2.53. The zero-order valence-corrected chi connectivity index (χ0v) is 11.4. The number of benzene rings is 1. The summed E-state index contributed by atoms with van der Waals surface area (Å²) in [7, 11) is 0. The first-order valence-electron chi connectivity index (χ1n) is 7.33. The highest BCUT2D eigenvalue weighted by molar-refractivity contribution is 5.15. The molecule has 2 atom stereocenters. The largest absolute Gasteiger partial charge is 0.325 e. The number of hydrogen-bond acceptors (Lipinski definition) is 2. The molecule has 0 amide bonds. The first kappa shape index (κ1) is 12.0.